The number of hydrogen-bond acceptors (Lipinski definition) is 3. The van der Waals surface area contributed by atoms with Crippen LogP contribution in [-0.2, 0) is 16.6 Å². The molecule has 0 spiro atoms. The molecule has 2 aromatic carbocycles. The average Bonchev–Trinajstić information content (AvgIpc) is 2.97. The summed E-state index contributed by atoms with van der Waals surface area (Å²) in [6.45, 7) is 4.24. The van der Waals surface area contributed by atoms with Gasteiger partial charge in [0.2, 0.25) is 0 Å². The first-order valence-electron chi connectivity index (χ1n) is 9.64. The molecule has 3 aromatic rings. The van der Waals surface area contributed by atoms with E-state index < -0.39 is 11.8 Å². The van der Waals surface area contributed by atoms with Crippen molar-refractivity contribution in [3.63, 3.8) is 0 Å². The number of carbonyl (C=O) groups excluding carboxylic acids is 2. The van der Waals surface area contributed by atoms with Crippen LogP contribution >= 0.6 is 0 Å². The number of aryl methyl sites for hydroxylation is 3. The summed E-state index contributed by atoms with van der Waals surface area (Å²) in [5.41, 5.74) is 4.94. The number of fused-ring (bicyclic) bond motifs is 1. The normalized spacial score (nSPS) is 12.2. The fourth-order valence-electron chi connectivity index (χ4n) is 3.71. The Kier molecular flexibility index (Phi) is 6.03. The molecule has 1 unspecified atom stereocenters. The monoisotopic (exact) mass is 392 g/mol. The van der Waals surface area contributed by atoms with Crippen molar-refractivity contribution in [1.29, 1.82) is 0 Å². The van der Waals surface area contributed by atoms with Gasteiger partial charge < -0.3 is 20.1 Å². The zero-order valence-corrected chi connectivity index (χ0v) is 17.6. The van der Waals surface area contributed by atoms with Crippen LogP contribution in [0.15, 0.2) is 48.7 Å². The van der Waals surface area contributed by atoms with Crippen molar-refractivity contribution in [1.82, 2.24) is 14.8 Å². The summed E-state index contributed by atoms with van der Waals surface area (Å²) in [6, 6.07) is 13.8. The number of aromatic nitrogens is 1. The number of benzene rings is 2. The number of amides is 2. The minimum Gasteiger partial charge on any atom is -0.350 e. The van der Waals surface area contributed by atoms with Gasteiger partial charge in [0.05, 0.1) is 6.04 Å². The fourth-order valence-corrected chi connectivity index (χ4v) is 3.71. The van der Waals surface area contributed by atoms with E-state index in [-0.39, 0.29) is 6.04 Å². The van der Waals surface area contributed by atoms with E-state index in [0.717, 1.165) is 27.6 Å². The van der Waals surface area contributed by atoms with E-state index >= 15 is 0 Å². The number of anilines is 1. The fraction of sp³-hybridized carbons (Fsp3) is 0.304. The Balaban J connectivity index is 1.71. The lowest BCUT2D eigenvalue weighted by atomic mass is 10.0. The van der Waals surface area contributed by atoms with Crippen LogP contribution in [0.3, 0.4) is 0 Å². The zero-order valence-electron chi connectivity index (χ0n) is 17.6. The minimum absolute atomic E-state index is 0.0564. The molecule has 29 heavy (non-hydrogen) atoms. The molecular weight excluding hydrogens is 364 g/mol. The minimum atomic E-state index is -0.662. The van der Waals surface area contributed by atoms with Gasteiger partial charge in [0.25, 0.3) is 0 Å². The SMILES string of the molecule is Cc1cc(C)cc(NC(=O)C(=O)NCC(c2cn(C)c3ccccc23)N(C)C)c1. The molecule has 0 aliphatic carbocycles. The third-order valence-corrected chi connectivity index (χ3v) is 5.05. The van der Waals surface area contributed by atoms with Crippen LogP contribution in [0.25, 0.3) is 10.9 Å². The Hall–Kier alpha value is -3.12. The number of likely N-dealkylation sites (N-methyl/N-ethyl adjacent to an activating group) is 1. The third kappa shape index (κ3) is 4.66. The van der Waals surface area contributed by atoms with Crippen LogP contribution in [-0.4, -0.2) is 41.9 Å². The first kappa shape index (κ1) is 20.6. The highest BCUT2D eigenvalue weighted by Crippen LogP contribution is 2.28. The maximum absolute atomic E-state index is 12.4. The number of rotatable bonds is 5. The summed E-state index contributed by atoms with van der Waals surface area (Å²) in [5.74, 6) is -1.30. The van der Waals surface area contributed by atoms with Crippen molar-refractivity contribution in [3.8, 4) is 0 Å². The van der Waals surface area contributed by atoms with Crippen molar-refractivity contribution >= 4 is 28.4 Å². The number of carbonyl (C=O) groups is 2. The summed E-state index contributed by atoms with van der Waals surface area (Å²) in [6.07, 6.45) is 2.08. The van der Waals surface area contributed by atoms with Crippen molar-refractivity contribution in [2.45, 2.75) is 19.9 Å². The highest BCUT2D eigenvalue weighted by Gasteiger charge is 2.22. The predicted octanol–water partition coefficient (Wildman–Crippen LogP) is 3.15. The van der Waals surface area contributed by atoms with Crippen LogP contribution in [0.1, 0.15) is 22.7 Å². The first-order valence-corrected chi connectivity index (χ1v) is 9.64. The standard InChI is InChI=1S/C23H28N4O2/c1-15-10-16(2)12-17(11-15)25-23(29)22(28)24-13-21(26(3)4)19-14-27(5)20-9-7-6-8-18(19)20/h6-12,14,21H,13H2,1-5H3,(H,24,28)(H,25,29). The molecule has 1 atom stereocenters. The molecule has 0 aliphatic rings. The van der Waals surface area contributed by atoms with Gasteiger partial charge in [0.15, 0.2) is 0 Å². The Labute approximate surface area is 171 Å². The van der Waals surface area contributed by atoms with Crippen LogP contribution in [0.2, 0.25) is 0 Å². The van der Waals surface area contributed by atoms with Gasteiger partial charge in [0.1, 0.15) is 0 Å². The molecule has 0 aliphatic heterocycles. The molecule has 2 amide bonds. The second-order valence-corrected chi connectivity index (χ2v) is 7.73. The maximum Gasteiger partial charge on any atom is 0.313 e. The number of nitrogens with zero attached hydrogens (tertiary/aromatic N) is 2. The highest BCUT2D eigenvalue weighted by molar-refractivity contribution is 6.39. The molecule has 0 saturated carbocycles. The molecule has 1 aromatic heterocycles. The van der Waals surface area contributed by atoms with Gasteiger partial charge in [-0.25, -0.2) is 0 Å². The van der Waals surface area contributed by atoms with Crippen LogP contribution in [0.4, 0.5) is 5.69 Å². The molecule has 2 N–H and O–H groups in total. The van der Waals surface area contributed by atoms with E-state index in [9.17, 15) is 9.59 Å². The molecule has 0 bridgehead atoms. The maximum atomic E-state index is 12.4. The van der Waals surface area contributed by atoms with Crippen LogP contribution < -0.4 is 10.6 Å². The van der Waals surface area contributed by atoms with Crippen molar-refractivity contribution in [2.24, 2.45) is 7.05 Å². The topological polar surface area (TPSA) is 66.4 Å². The molecule has 6 heteroatoms. The van der Waals surface area contributed by atoms with Gasteiger partial charge in [-0.3, -0.25) is 9.59 Å². The molecule has 0 fully saturated rings. The van der Waals surface area contributed by atoms with E-state index in [1.165, 1.54) is 0 Å². The summed E-state index contributed by atoms with van der Waals surface area (Å²) < 4.78 is 2.08. The molecule has 0 saturated heterocycles. The average molecular weight is 393 g/mol. The largest absolute Gasteiger partial charge is 0.350 e. The van der Waals surface area contributed by atoms with Gasteiger partial charge >= 0.3 is 11.8 Å². The molecule has 152 valence electrons. The Bertz CT molecular complexity index is 1030. The summed E-state index contributed by atoms with van der Waals surface area (Å²) in [7, 11) is 5.94. The Morgan fingerprint density at radius 2 is 1.69 bits per heavy atom. The van der Waals surface area contributed by atoms with Crippen LogP contribution in [0.5, 0.6) is 0 Å². The van der Waals surface area contributed by atoms with E-state index in [4.69, 9.17) is 0 Å². The Morgan fingerprint density at radius 1 is 1.03 bits per heavy atom. The first-order chi connectivity index (χ1) is 13.8. The lowest BCUT2D eigenvalue weighted by Gasteiger charge is -2.24. The lowest BCUT2D eigenvalue weighted by Crippen LogP contribution is -2.40. The summed E-state index contributed by atoms with van der Waals surface area (Å²) in [4.78, 5) is 26.8. The third-order valence-electron chi connectivity index (χ3n) is 5.05. The van der Waals surface area contributed by atoms with E-state index in [1.54, 1.807) is 0 Å². The molecule has 1 heterocycles. The van der Waals surface area contributed by atoms with E-state index in [1.807, 2.05) is 70.2 Å². The molecule has 0 radical (unpaired) electrons. The summed E-state index contributed by atoms with van der Waals surface area (Å²) in [5, 5.41) is 6.61. The number of hydrogen-bond donors (Lipinski definition) is 2. The van der Waals surface area contributed by atoms with Crippen molar-refractivity contribution < 1.29 is 9.59 Å². The molecular formula is C23H28N4O2. The predicted molar refractivity (Wildman–Crippen MR) is 117 cm³/mol. The summed E-state index contributed by atoms with van der Waals surface area (Å²) >= 11 is 0. The lowest BCUT2D eigenvalue weighted by molar-refractivity contribution is -0.136. The van der Waals surface area contributed by atoms with E-state index in [2.05, 4.69) is 33.5 Å². The highest BCUT2D eigenvalue weighted by atomic mass is 16.2. The van der Waals surface area contributed by atoms with Gasteiger partial charge in [-0.05, 0) is 62.8 Å². The Morgan fingerprint density at radius 3 is 2.34 bits per heavy atom. The quantitative estimate of drug-likeness (QED) is 0.656. The molecule has 3 rings (SSSR count). The van der Waals surface area contributed by atoms with E-state index in [0.29, 0.717) is 12.2 Å². The van der Waals surface area contributed by atoms with Gasteiger partial charge in [-0.15, -0.1) is 0 Å². The second-order valence-electron chi connectivity index (χ2n) is 7.73. The van der Waals surface area contributed by atoms with Crippen molar-refractivity contribution in [3.05, 3.63) is 65.4 Å². The second kappa shape index (κ2) is 8.49. The zero-order chi connectivity index (χ0) is 21.1. The number of para-hydroxylation sites is 1. The van der Waals surface area contributed by atoms with Crippen molar-refractivity contribution in [2.75, 3.05) is 26.0 Å². The van der Waals surface area contributed by atoms with Gasteiger partial charge in [-0.2, -0.15) is 0 Å². The smallest absolute Gasteiger partial charge is 0.313 e. The van der Waals surface area contributed by atoms with Gasteiger partial charge in [-0.1, -0.05) is 24.3 Å². The number of nitrogens with one attached hydrogen (secondary N) is 2. The van der Waals surface area contributed by atoms with Crippen LogP contribution in [0, 0.1) is 13.8 Å². The van der Waals surface area contributed by atoms with Gasteiger partial charge in [0, 0.05) is 36.4 Å². The molecule has 6 nitrogen and oxygen atoms in total.